The molecule has 1 amide bonds. The third-order valence-corrected chi connectivity index (χ3v) is 4.33. The predicted octanol–water partition coefficient (Wildman–Crippen LogP) is 2.59. The fourth-order valence-corrected chi connectivity index (χ4v) is 3.20. The normalized spacial score (nSPS) is 15.5. The Morgan fingerprint density at radius 3 is 2.74 bits per heavy atom. The molecule has 1 aliphatic rings. The first-order valence-electron chi connectivity index (χ1n) is 6.57. The Morgan fingerprint density at radius 2 is 2.11 bits per heavy atom. The number of ether oxygens (including phenoxy) is 1. The van der Waals surface area contributed by atoms with E-state index in [0.29, 0.717) is 11.6 Å². The van der Waals surface area contributed by atoms with Gasteiger partial charge in [-0.25, -0.2) is 0 Å². The summed E-state index contributed by atoms with van der Waals surface area (Å²) in [7, 11) is 3.28. The fraction of sp³-hybridized carbons (Fsp3) is 0.500. The summed E-state index contributed by atoms with van der Waals surface area (Å²) in [6, 6.07) is 6.04. The summed E-state index contributed by atoms with van der Waals surface area (Å²) in [5.74, 6) is 0.716. The fourth-order valence-electron chi connectivity index (χ4n) is 2.23. The van der Waals surface area contributed by atoms with Crippen LogP contribution in [0.5, 0.6) is 5.75 Å². The molecular formula is C14H20N2O2S. The van der Waals surface area contributed by atoms with Crippen molar-refractivity contribution in [3.63, 3.8) is 0 Å². The molecule has 0 atom stereocenters. The second kappa shape index (κ2) is 6.82. The quantitative estimate of drug-likeness (QED) is 0.814. The molecule has 0 radical (unpaired) electrons. The third-order valence-electron chi connectivity index (χ3n) is 3.34. The van der Waals surface area contributed by atoms with Crippen molar-refractivity contribution in [1.29, 1.82) is 0 Å². The first-order chi connectivity index (χ1) is 9.24. The van der Waals surface area contributed by atoms with Crippen molar-refractivity contribution in [2.45, 2.75) is 36.6 Å². The predicted molar refractivity (Wildman–Crippen MR) is 77.6 cm³/mol. The van der Waals surface area contributed by atoms with Crippen LogP contribution in [-0.2, 0) is 0 Å². The van der Waals surface area contributed by atoms with Gasteiger partial charge in [0.15, 0.2) is 0 Å². The van der Waals surface area contributed by atoms with E-state index in [1.54, 1.807) is 32.2 Å². The first-order valence-corrected chi connectivity index (χ1v) is 7.38. The highest BCUT2D eigenvalue weighted by atomic mass is 32.2. The smallest absolute Gasteiger partial charge is 0.251 e. The van der Waals surface area contributed by atoms with Crippen LogP contribution in [0.25, 0.3) is 0 Å². The van der Waals surface area contributed by atoms with Crippen LogP contribution in [0, 0.1) is 0 Å². The van der Waals surface area contributed by atoms with Gasteiger partial charge in [-0.3, -0.25) is 9.52 Å². The maximum atomic E-state index is 11.6. The third kappa shape index (κ3) is 3.64. The molecule has 0 aromatic heterocycles. The van der Waals surface area contributed by atoms with Gasteiger partial charge >= 0.3 is 0 Å². The molecule has 1 saturated carbocycles. The molecule has 1 aromatic carbocycles. The van der Waals surface area contributed by atoms with Gasteiger partial charge in [-0.15, -0.1) is 0 Å². The van der Waals surface area contributed by atoms with Crippen LogP contribution in [-0.4, -0.2) is 26.1 Å². The van der Waals surface area contributed by atoms with Crippen molar-refractivity contribution in [2.75, 3.05) is 14.2 Å². The van der Waals surface area contributed by atoms with Gasteiger partial charge in [-0.1, -0.05) is 12.8 Å². The van der Waals surface area contributed by atoms with Crippen molar-refractivity contribution >= 4 is 17.9 Å². The lowest BCUT2D eigenvalue weighted by Gasteiger charge is -2.14. The summed E-state index contributed by atoms with van der Waals surface area (Å²) in [5, 5.41) is 2.63. The van der Waals surface area contributed by atoms with Gasteiger partial charge in [0.2, 0.25) is 0 Å². The number of nitrogens with one attached hydrogen (secondary N) is 2. The number of rotatable bonds is 5. The Morgan fingerprint density at radius 1 is 1.37 bits per heavy atom. The maximum Gasteiger partial charge on any atom is 0.251 e. The van der Waals surface area contributed by atoms with Crippen molar-refractivity contribution in [3.05, 3.63) is 23.8 Å². The van der Waals surface area contributed by atoms with Crippen molar-refractivity contribution in [2.24, 2.45) is 0 Å². The standard InChI is InChI=1S/C14H20N2O2S/c1-15-14(17)10-7-8-12(18-2)13(9-10)19-16-11-5-3-4-6-11/h7-9,11,16H,3-6H2,1-2H3,(H,15,17). The van der Waals surface area contributed by atoms with Crippen molar-refractivity contribution < 1.29 is 9.53 Å². The molecule has 4 nitrogen and oxygen atoms in total. The summed E-state index contributed by atoms with van der Waals surface area (Å²) in [4.78, 5) is 12.6. The van der Waals surface area contributed by atoms with Crippen molar-refractivity contribution in [1.82, 2.24) is 10.0 Å². The average molecular weight is 280 g/mol. The van der Waals surface area contributed by atoms with E-state index in [-0.39, 0.29) is 5.91 Å². The highest BCUT2D eigenvalue weighted by Crippen LogP contribution is 2.30. The molecule has 19 heavy (non-hydrogen) atoms. The van der Waals surface area contributed by atoms with E-state index >= 15 is 0 Å². The first kappa shape index (κ1) is 14.2. The topological polar surface area (TPSA) is 50.4 Å². The Kier molecular flexibility index (Phi) is 5.10. The van der Waals surface area contributed by atoms with Crippen LogP contribution in [0.15, 0.2) is 23.1 Å². The zero-order valence-electron chi connectivity index (χ0n) is 11.4. The lowest BCUT2D eigenvalue weighted by atomic mass is 10.2. The van der Waals surface area contributed by atoms with Gasteiger partial charge in [0.1, 0.15) is 5.75 Å². The Balaban J connectivity index is 2.08. The average Bonchev–Trinajstić information content (AvgIpc) is 2.97. The van der Waals surface area contributed by atoms with Gasteiger partial charge in [-0.2, -0.15) is 0 Å². The largest absolute Gasteiger partial charge is 0.496 e. The number of benzene rings is 1. The molecule has 0 spiro atoms. The van der Waals surface area contributed by atoms with E-state index in [1.165, 1.54) is 25.7 Å². The zero-order valence-corrected chi connectivity index (χ0v) is 12.2. The van der Waals surface area contributed by atoms with Gasteiger partial charge in [-0.05, 0) is 43.0 Å². The summed E-state index contributed by atoms with van der Waals surface area (Å²) in [6.45, 7) is 0. The minimum absolute atomic E-state index is 0.0784. The number of carbonyl (C=O) groups excluding carboxylic acids is 1. The van der Waals surface area contributed by atoms with Crippen molar-refractivity contribution in [3.8, 4) is 5.75 Å². The van der Waals surface area contributed by atoms with E-state index < -0.39 is 0 Å². The summed E-state index contributed by atoms with van der Waals surface area (Å²) < 4.78 is 8.80. The van der Waals surface area contributed by atoms with Crippen LogP contribution in [0.3, 0.4) is 0 Å². The second-order valence-corrected chi connectivity index (χ2v) is 5.53. The lowest BCUT2D eigenvalue weighted by Crippen LogP contribution is -2.19. The molecule has 0 unspecified atom stereocenters. The van der Waals surface area contributed by atoms with Gasteiger partial charge in [0.05, 0.1) is 12.0 Å². The molecular weight excluding hydrogens is 260 g/mol. The van der Waals surface area contributed by atoms with E-state index in [9.17, 15) is 4.79 Å². The number of amides is 1. The summed E-state index contributed by atoms with van der Waals surface area (Å²) in [5.41, 5.74) is 0.652. The van der Waals surface area contributed by atoms with Crippen LogP contribution in [0.1, 0.15) is 36.0 Å². The molecule has 1 aliphatic carbocycles. The summed E-state index contributed by atoms with van der Waals surface area (Å²) >= 11 is 1.56. The Bertz CT molecular complexity index is 445. The SMILES string of the molecule is CNC(=O)c1ccc(OC)c(SNC2CCCC2)c1. The molecule has 0 bridgehead atoms. The van der Waals surface area contributed by atoms with Gasteiger partial charge in [0, 0.05) is 18.7 Å². The molecule has 2 rings (SSSR count). The maximum absolute atomic E-state index is 11.6. The van der Waals surface area contributed by atoms with Gasteiger partial charge < -0.3 is 10.1 Å². The molecule has 5 heteroatoms. The number of hydrogen-bond acceptors (Lipinski definition) is 4. The van der Waals surface area contributed by atoms with E-state index in [4.69, 9.17) is 4.74 Å². The molecule has 1 fully saturated rings. The molecule has 0 aliphatic heterocycles. The summed E-state index contributed by atoms with van der Waals surface area (Å²) in [6.07, 6.45) is 5.05. The highest BCUT2D eigenvalue weighted by Gasteiger charge is 2.16. The van der Waals surface area contributed by atoms with Crippen LogP contribution in [0.4, 0.5) is 0 Å². The van der Waals surface area contributed by atoms with Crippen LogP contribution >= 0.6 is 11.9 Å². The molecule has 2 N–H and O–H groups in total. The molecule has 1 aromatic rings. The lowest BCUT2D eigenvalue weighted by molar-refractivity contribution is 0.0963. The number of hydrogen-bond donors (Lipinski definition) is 2. The highest BCUT2D eigenvalue weighted by molar-refractivity contribution is 7.97. The zero-order chi connectivity index (χ0) is 13.7. The van der Waals surface area contributed by atoms with Gasteiger partial charge in [0.25, 0.3) is 5.91 Å². The minimum atomic E-state index is -0.0784. The molecule has 0 saturated heterocycles. The molecule has 104 valence electrons. The molecule has 0 heterocycles. The number of methoxy groups -OCH3 is 1. The Hall–Kier alpha value is -1.20. The van der Waals surface area contributed by atoms with E-state index in [2.05, 4.69) is 10.0 Å². The van der Waals surface area contributed by atoms with Crippen LogP contribution < -0.4 is 14.8 Å². The van der Waals surface area contributed by atoms with E-state index in [0.717, 1.165) is 10.6 Å². The van der Waals surface area contributed by atoms with Crippen LogP contribution in [0.2, 0.25) is 0 Å². The Labute approximate surface area is 118 Å². The second-order valence-electron chi connectivity index (χ2n) is 4.65. The monoisotopic (exact) mass is 280 g/mol. The van der Waals surface area contributed by atoms with E-state index in [1.807, 2.05) is 12.1 Å². The number of carbonyl (C=O) groups is 1. The minimum Gasteiger partial charge on any atom is -0.496 e.